The first-order valence-corrected chi connectivity index (χ1v) is 12.3. The second kappa shape index (κ2) is 11.2. The van der Waals surface area contributed by atoms with Gasteiger partial charge in [0.25, 0.3) is 0 Å². The Balaban J connectivity index is 2.15. The van der Waals surface area contributed by atoms with Crippen molar-refractivity contribution in [3.8, 4) is 0 Å². The van der Waals surface area contributed by atoms with Gasteiger partial charge in [0.2, 0.25) is 0 Å². The van der Waals surface area contributed by atoms with Crippen LogP contribution in [0.3, 0.4) is 0 Å². The lowest BCUT2D eigenvalue weighted by atomic mass is 9.78. The average Bonchev–Trinajstić information content (AvgIpc) is 2.75. The number of halogens is 1. The molecule has 3 rings (SSSR count). The van der Waals surface area contributed by atoms with Crippen LogP contribution in [-0.4, -0.2) is 46.5 Å². The van der Waals surface area contributed by atoms with E-state index < -0.39 is 23.6 Å². The average molecular weight is 513 g/mol. The van der Waals surface area contributed by atoms with E-state index in [9.17, 15) is 14.4 Å². The van der Waals surface area contributed by atoms with Gasteiger partial charge in [0.05, 0.1) is 12.5 Å². The van der Waals surface area contributed by atoms with Crippen molar-refractivity contribution in [1.29, 1.82) is 0 Å². The van der Waals surface area contributed by atoms with E-state index in [0.717, 1.165) is 34.1 Å². The molecular weight excluding hydrogens is 480 g/mol. The number of nitrogens with zero attached hydrogens (tertiary/aromatic N) is 1. The first-order chi connectivity index (χ1) is 16.8. The molecule has 1 amide bonds. The fourth-order valence-corrected chi connectivity index (χ4v) is 4.33. The van der Waals surface area contributed by atoms with Gasteiger partial charge in [-0.05, 0) is 55.5 Å². The Bertz CT molecular complexity index is 1150. The predicted molar refractivity (Wildman–Crippen MR) is 140 cm³/mol. The minimum atomic E-state index is -1.11. The largest absolute Gasteiger partial charge is 0.478 e. The number of nitrogens with one attached hydrogen (secondary N) is 1. The molecule has 1 aliphatic carbocycles. The smallest absolute Gasteiger partial charge is 0.407 e. The summed E-state index contributed by atoms with van der Waals surface area (Å²) in [6.07, 6.45) is 5.83. The molecule has 0 spiro atoms. The zero-order valence-electron chi connectivity index (χ0n) is 21.3. The fraction of sp³-hybridized carbons (Fsp3) is 0.393. The van der Waals surface area contributed by atoms with E-state index in [0.29, 0.717) is 17.5 Å². The SMILES string of the molecule is CC(C)CN1C=C2CC(=O)C(/C=C/C(=O)O)C=C2C(c2ccc(Cl)cc2)=C1CNC(=O)OC(C)(C)C. The van der Waals surface area contributed by atoms with Gasteiger partial charge >= 0.3 is 12.1 Å². The van der Waals surface area contributed by atoms with Gasteiger partial charge in [0.15, 0.2) is 0 Å². The lowest BCUT2D eigenvalue weighted by molar-refractivity contribution is -0.131. The number of benzene rings is 1. The number of carbonyl (C=O) groups is 3. The van der Waals surface area contributed by atoms with Crippen LogP contribution in [0.4, 0.5) is 4.79 Å². The van der Waals surface area contributed by atoms with Crippen LogP contribution in [0.15, 0.2) is 65.5 Å². The first-order valence-electron chi connectivity index (χ1n) is 11.9. The van der Waals surface area contributed by atoms with Crippen molar-refractivity contribution in [2.45, 2.75) is 46.6 Å². The number of Topliss-reactive ketones (excluding diaryl/α,β-unsaturated/α-hetero) is 1. The third kappa shape index (κ3) is 7.10. The minimum Gasteiger partial charge on any atom is -0.478 e. The van der Waals surface area contributed by atoms with Crippen LogP contribution in [0.2, 0.25) is 5.02 Å². The van der Waals surface area contributed by atoms with Crippen LogP contribution in [0.1, 0.15) is 46.6 Å². The summed E-state index contributed by atoms with van der Waals surface area (Å²) in [6.45, 7) is 10.5. The fourth-order valence-electron chi connectivity index (χ4n) is 4.21. The van der Waals surface area contributed by atoms with Crippen LogP contribution in [0.25, 0.3) is 5.57 Å². The molecular formula is C28H33ClN2O5. The van der Waals surface area contributed by atoms with Crippen LogP contribution in [0, 0.1) is 11.8 Å². The summed E-state index contributed by atoms with van der Waals surface area (Å²) >= 11 is 6.16. The number of alkyl carbamates (subject to hydrolysis) is 1. The summed E-state index contributed by atoms with van der Waals surface area (Å²) in [5.41, 5.74) is 3.65. The number of aliphatic carboxylic acids is 1. The number of rotatable bonds is 7. The van der Waals surface area contributed by atoms with E-state index in [1.54, 1.807) is 39.0 Å². The molecule has 8 heteroatoms. The van der Waals surface area contributed by atoms with E-state index in [4.69, 9.17) is 21.4 Å². The standard InChI is InChI=1S/C28H33ClN2O5/c1-17(2)15-31-16-20-13-24(32)19(8-11-25(33)34)12-22(20)26(18-6-9-21(29)10-7-18)23(31)14-30-27(35)36-28(3,4)5/h6-12,16-17,19H,13-15H2,1-5H3,(H,30,35)(H,33,34)/b11-8+. The van der Waals surface area contributed by atoms with Crippen molar-refractivity contribution in [2.24, 2.45) is 11.8 Å². The molecule has 0 saturated carbocycles. The number of allylic oxidation sites excluding steroid dienone is 5. The van der Waals surface area contributed by atoms with Crippen LogP contribution in [0.5, 0.6) is 0 Å². The molecule has 2 N–H and O–H groups in total. The van der Waals surface area contributed by atoms with E-state index in [2.05, 4.69) is 24.1 Å². The first kappa shape index (κ1) is 27.3. The van der Waals surface area contributed by atoms with Gasteiger partial charge in [-0.15, -0.1) is 0 Å². The number of carbonyl (C=O) groups excluding carboxylic acids is 2. The summed E-state index contributed by atoms with van der Waals surface area (Å²) in [5.74, 6) is -1.53. The molecule has 1 aromatic carbocycles. The Morgan fingerprint density at radius 2 is 1.92 bits per heavy atom. The van der Waals surface area contributed by atoms with E-state index in [-0.39, 0.29) is 18.7 Å². The molecule has 7 nitrogen and oxygen atoms in total. The van der Waals surface area contributed by atoms with Gasteiger partial charge in [-0.1, -0.05) is 49.7 Å². The minimum absolute atomic E-state index is 0.0715. The van der Waals surface area contributed by atoms with Crippen LogP contribution < -0.4 is 5.32 Å². The second-order valence-corrected chi connectivity index (χ2v) is 10.8. The van der Waals surface area contributed by atoms with Crippen LogP contribution >= 0.6 is 11.6 Å². The molecule has 2 aliphatic rings. The zero-order chi connectivity index (χ0) is 26.6. The van der Waals surface area contributed by atoms with Gasteiger partial charge < -0.3 is 20.1 Å². The van der Waals surface area contributed by atoms with Gasteiger partial charge in [-0.3, -0.25) is 4.79 Å². The quantitative estimate of drug-likeness (QED) is 0.462. The van der Waals surface area contributed by atoms with Crippen molar-refractivity contribution < 1.29 is 24.2 Å². The molecule has 1 unspecified atom stereocenters. The van der Waals surface area contributed by atoms with Crippen LogP contribution in [-0.2, 0) is 14.3 Å². The van der Waals surface area contributed by atoms with Crippen molar-refractivity contribution in [1.82, 2.24) is 10.2 Å². The van der Waals surface area contributed by atoms with Gasteiger partial charge in [-0.25, -0.2) is 9.59 Å². The summed E-state index contributed by atoms with van der Waals surface area (Å²) in [5, 5.41) is 12.5. The third-order valence-electron chi connectivity index (χ3n) is 5.58. The molecule has 1 aliphatic heterocycles. The van der Waals surface area contributed by atoms with E-state index >= 15 is 0 Å². The molecule has 1 heterocycles. The summed E-state index contributed by atoms with van der Waals surface area (Å²) < 4.78 is 5.45. The topological polar surface area (TPSA) is 95.9 Å². The zero-order valence-corrected chi connectivity index (χ0v) is 22.1. The summed E-state index contributed by atoms with van der Waals surface area (Å²) in [6, 6.07) is 7.40. The Morgan fingerprint density at radius 1 is 1.25 bits per heavy atom. The molecule has 1 aromatic rings. The van der Waals surface area contributed by atoms with E-state index in [1.165, 1.54) is 6.08 Å². The number of ketones is 1. The molecule has 1 atom stereocenters. The van der Waals surface area contributed by atoms with E-state index in [1.807, 2.05) is 18.3 Å². The maximum absolute atomic E-state index is 12.9. The maximum atomic E-state index is 12.9. The normalized spacial score (nSPS) is 18.2. The monoisotopic (exact) mass is 512 g/mol. The van der Waals surface area contributed by atoms with Gasteiger partial charge in [0.1, 0.15) is 11.4 Å². The lowest BCUT2D eigenvalue weighted by Gasteiger charge is -2.37. The Labute approximate surface area is 217 Å². The van der Waals surface area contributed by atoms with Gasteiger partial charge in [-0.2, -0.15) is 0 Å². The molecule has 0 radical (unpaired) electrons. The highest BCUT2D eigenvalue weighted by atomic mass is 35.5. The highest BCUT2D eigenvalue weighted by Gasteiger charge is 2.33. The predicted octanol–water partition coefficient (Wildman–Crippen LogP) is 5.59. The van der Waals surface area contributed by atoms with Crippen molar-refractivity contribution in [3.63, 3.8) is 0 Å². The number of hydrogen-bond donors (Lipinski definition) is 2. The highest BCUT2D eigenvalue weighted by Crippen LogP contribution is 2.42. The number of fused-ring (bicyclic) bond motifs is 1. The highest BCUT2D eigenvalue weighted by molar-refractivity contribution is 6.30. The van der Waals surface area contributed by atoms with Crippen molar-refractivity contribution >= 4 is 35.0 Å². The second-order valence-electron chi connectivity index (χ2n) is 10.3. The van der Waals surface area contributed by atoms with Crippen molar-refractivity contribution in [3.05, 3.63) is 76.1 Å². The molecule has 0 aromatic heterocycles. The molecule has 0 fully saturated rings. The Hall–Kier alpha value is -3.32. The molecule has 36 heavy (non-hydrogen) atoms. The molecule has 0 saturated heterocycles. The summed E-state index contributed by atoms with van der Waals surface area (Å²) in [7, 11) is 0. The van der Waals surface area contributed by atoms with Gasteiger partial charge in [0, 0.05) is 41.5 Å². The number of ether oxygens (including phenoxy) is 1. The molecule has 192 valence electrons. The Morgan fingerprint density at radius 3 is 2.50 bits per heavy atom. The lowest BCUT2D eigenvalue weighted by Crippen LogP contribution is -2.38. The maximum Gasteiger partial charge on any atom is 0.407 e. The number of amides is 1. The molecule has 0 bridgehead atoms. The third-order valence-corrected chi connectivity index (χ3v) is 5.84. The summed E-state index contributed by atoms with van der Waals surface area (Å²) in [4.78, 5) is 38.5. The number of carboxylic acids is 1. The Kier molecular flexibility index (Phi) is 8.46. The number of carboxylic acid groups (broad SMARTS) is 1. The van der Waals surface area contributed by atoms with Crippen molar-refractivity contribution in [2.75, 3.05) is 13.1 Å². The number of hydrogen-bond acceptors (Lipinski definition) is 5.